The molecule has 9 heteroatoms. The first kappa shape index (κ1) is 23.1. The number of hydrogen-bond acceptors (Lipinski definition) is 5. The van der Waals surface area contributed by atoms with E-state index >= 15 is 0 Å². The molecule has 0 bridgehead atoms. The van der Waals surface area contributed by atoms with Crippen LogP contribution in [0.15, 0.2) is 18.2 Å². The molecular weight excluding hydrogens is 403 g/mol. The Hall–Kier alpha value is -2.52. The van der Waals surface area contributed by atoms with Crippen LogP contribution in [0.25, 0.3) is 0 Å². The molecule has 31 heavy (non-hydrogen) atoms. The van der Waals surface area contributed by atoms with E-state index in [1.165, 1.54) is 17.0 Å². The Labute approximate surface area is 181 Å². The zero-order chi connectivity index (χ0) is 22.8. The van der Waals surface area contributed by atoms with Crippen molar-refractivity contribution in [1.29, 1.82) is 0 Å². The van der Waals surface area contributed by atoms with Crippen LogP contribution < -0.4 is 16.0 Å². The number of amides is 3. The van der Waals surface area contributed by atoms with Gasteiger partial charge in [0.05, 0.1) is 12.3 Å². The Morgan fingerprint density at radius 1 is 1.35 bits per heavy atom. The molecule has 1 saturated heterocycles. The molecule has 1 heterocycles. The zero-order valence-electron chi connectivity index (χ0n) is 18.3. The van der Waals surface area contributed by atoms with Gasteiger partial charge in [-0.3, -0.25) is 19.3 Å². The molecule has 1 aromatic carbocycles. The van der Waals surface area contributed by atoms with Gasteiger partial charge in [0.1, 0.15) is 12.4 Å². The molecule has 1 aromatic rings. The number of nitrogens with zero attached hydrogens (tertiary/aromatic N) is 2. The van der Waals surface area contributed by atoms with Crippen LogP contribution in [0.4, 0.5) is 15.8 Å². The normalized spacial score (nSPS) is 18.6. The number of carbonyl (C=O) groups excluding carboxylic acids is 3. The van der Waals surface area contributed by atoms with Gasteiger partial charge in [-0.05, 0) is 36.5 Å². The lowest BCUT2D eigenvalue weighted by molar-refractivity contribution is -0.135. The lowest BCUT2D eigenvalue weighted by Gasteiger charge is -2.43. The maximum absolute atomic E-state index is 14.8. The molecule has 2 fully saturated rings. The maximum Gasteiger partial charge on any atom is 0.253 e. The van der Waals surface area contributed by atoms with Crippen molar-refractivity contribution in [1.82, 2.24) is 4.90 Å². The van der Waals surface area contributed by atoms with Crippen LogP contribution >= 0.6 is 0 Å². The Morgan fingerprint density at radius 2 is 2.06 bits per heavy atom. The number of hydrogen-bond donors (Lipinski definition) is 2. The van der Waals surface area contributed by atoms with E-state index in [0.29, 0.717) is 25.4 Å². The van der Waals surface area contributed by atoms with E-state index in [0.717, 1.165) is 19.3 Å². The number of rotatable bonds is 7. The number of ether oxygens (including phenoxy) is 1. The van der Waals surface area contributed by atoms with Gasteiger partial charge in [0, 0.05) is 24.8 Å². The van der Waals surface area contributed by atoms with Crippen LogP contribution in [-0.2, 0) is 19.1 Å². The van der Waals surface area contributed by atoms with Gasteiger partial charge in [0.25, 0.3) is 11.8 Å². The Bertz CT molecular complexity index is 850. The van der Waals surface area contributed by atoms with Crippen molar-refractivity contribution in [2.75, 3.05) is 36.5 Å². The van der Waals surface area contributed by atoms with Crippen molar-refractivity contribution in [3.05, 3.63) is 24.0 Å². The van der Waals surface area contributed by atoms with Gasteiger partial charge in [-0.2, -0.15) is 0 Å². The van der Waals surface area contributed by atoms with Crippen LogP contribution in [0, 0.1) is 11.2 Å². The maximum atomic E-state index is 14.8. The number of nitrogens with two attached hydrogens (primary N) is 1. The molecule has 3 amide bonds. The van der Waals surface area contributed by atoms with Gasteiger partial charge in [0.2, 0.25) is 5.91 Å². The third-order valence-corrected chi connectivity index (χ3v) is 5.56. The zero-order valence-corrected chi connectivity index (χ0v) is 18.3. The summed E-state index contributed by atoms with van der Waals surface area (Å²) in [6.07, 6.45) is 2.82. The lowest BCUT2D eigenvalue weighted by Crippen LogP contribution is -2.59. The van der Waals surface area contributed by atoms with Crippen molar-refractivity contribution >= 4 is 29.1 Å². The summed E-state index contributed by atoms with van der Waals surface area (Å²) < 4.78 is 19.8. The number of halogens is 1. The number of primary amides is 1. The van der Waals surface area contributed by atoms with E-state index in [1.807, 2.05) is 25.7 Å². The molecule has 0 radical (unpaired) electrons. The molecule has 0 unspecified atom stereocenters. The van der Waals surface area contributed by atoms with E-state index in [2.05, 4.69) is 5.32 Å². The van der Waals surface area contributed by atoms with Gasteiger partial charge in [-0.15, -0.1) is 0 Å². The summed E-state index contributed by atoms with van der Waals surface area (Å²) in [5.41, 5.74) is 5.78. The van der Waals surface area contributed by atoms with E-state index in [1.54, 1.807) is 6.07 Å². The molecule has 1 atom stereocenters. The summed E-state index contributed by atoms with van der Waals surface area (Å²) in [7, 11) is 0. The van der Waals surface area contributed by atoms with Crippen LogP contribution in [-0.4, -0.2) is 61.0 Å². The summed E-state index contributed by atoms with van der Waals surface area (Å²) in [5, 5.41) is 2.52. The van der Waals surface area contributed by atoms with Crippen molar-refractivity contribution in [3.63, 3.8) is 0 Å². The van der Waals surface area contributed by atoms with Crippen molar-refractivity contribution in [2.45, 2.75) is 52.1 Å². The molecule has 1 saturated carbocycles. The molecule has 3 N–H and O–H groups in total. The third kappa shape index (κ3) is 5.59. The van der Waals surface area contributed by atoms with Gasteiger partial charge >= 0.3 is 0 Å². The van der Waals surface area contributed by atoms with E-state index in [-0.39, 0.29) is 29.7 Å². The summed E-state index contributed by atoms with van der Waals surface area (Å²) in [4.78, 5) is 40.5. The number of nitrogens with one attached hydrogen (secondary N) is 1. The second-order valence-corrected chi connectivity index (χ2v) is 9.37. The van der Waals surface area contributed by atoms with Crippen LogP contribution in [0.3, 0.4) is 0 Å². The number of carbonyl (C=O) groups is 3. The van der Waals surface area contributed by atoms with Crippen molar-refractivity contribution in [3.8, 4) is 0 Å². The Balaban J connectivity index is 1.78. The number of anilines is 2. The highest BCUT2D eigenvalue weighted by molar-refractivity contribution is 6.09. The summed E-state index contributed by atoms with van der Waals surface area (Å²) in [6, 6.07) is 3.05. The second-order valence-electron chi connectivity index (χ2n) is 9.37. The molecule has 1 aliphatic heterocycles. The first-order valence-corrected chi connectivity index (χ1v) is 10.6. The molecule has 0 aromatic heterocycles. The van der Waals surface area contributed by atoms with Crippen LogP contribution in [0.5, 0.6) is 0 Å². The lowest BCUT2D eigenvalue weighted by atomic mass is 9.86. The van der Waals surface area contributed by atoms with Crippen molar-refractivity contribution < 1.29 is 23.5 Å². The van der Waals surface area contributed by atoms with Crippen LogP contribution in [0.1, 0.15) is 40.0 Å². The van der Waals surface area contributed by atoms with E-state index in [9.17, 15) is 18.8 Å². The first-order chi connectivity index (χ1) is 14.6. The SMILES string of the molecule is CC(C)(C)CN(C1CCC1)[C@@H](C(N)=O)C(=O)Nc1ccc(N2CCOCC2=O)cc1F. The second kappa shape index (κ2) is 9.32. The minimum atomic E-state index is -1.19. The van der Waals surface area contributed by atoms with Gasteiger partial charge in [-0.1, -0.05) is 27.2 Å². The number of morpholine rings is 1. The topological polar surface area (TPSA) is 105 Å². The first-order valence-electron chi connectivity index (χ1n) is 10.6. The fourth-order valence-electron chi connectivity index (χ4n) is 3.91. The summed E-state index contributed by atoms with van der Waals surface area (Å²) in [5.74, 6) is -2.36. The standard InChI is InChI=1S/C22H31FN4O4/c1-22(2,3)13-27(14-5-4-6-14)19(20(24)29)21(30)25-17-8-7-15(11-16(17)23)26-9-10-31-12-18(26)28/h7-8,11,14,19H,4-6,9-10,12-13H2,1-3H3,(H2,24,29)(H,25,30)/t19-/m0/s1. The molecule has 170 valence electrons. The predicted octanol–water partition coefficient (Wildman–Crippen LogP) is 1.88. The third-order valence-electron chi connectivity index (χ3n) is 5.56. The Kier molecular flexibility index (Phi) is 6.96. The van der Waals surface area contributed by atoms with Crippen molar-refractivity contribution in [2.24, 2.45) is 11.1 Å². The average molecular weight is 435 g/mol. The summed E-state index contributed by atoms with van der Waals surface area (Å²) in [6.45, 7) is 7.25. The molecule has 2 aliphatic rings. The van der Waals surface area contributed by atoms with Gasteiger partial charge < -0.3 is 20.7 Å². The molecule has 3 rings (SSSR count). The smallest absolute Gasteiger partial charge is 0.253 e. The summed E-state index contributed by atoms with van der Waals surface area (Å²) >= 11 is 0. The minimum Gasteiger partial charge on any atom is -0.370 e. The minimum absolute atomic E-state index is 0.0504. The fourth-order valence-corrected chi connectivity index (χ4v) is 3.91. The fraction of sp³-hybridized carbons (Fsp3) is 0.591. The van der Waals surface area contributed by atoms with Gasteiger partial charge in [-0.25, -0.2) is 4.39 Å². The molecule has 1 aliphatic carbocycles. The Morgan fingerprint density at radius 3 is 2.58 bits per heavy atom. The van der Waals surface area contributed by atoms with Crippen LogP contribution in [0.2, 0.25) is 0 Å². The van der Waals surface area contributed by atoms with E-state index in [4.69, 9.17) is 10.5 Å². The highest BCUT2D eigenvalue weighted by Gasteiger charge is 2.40. The van der Waals surface area contributed by atoms with Gasteiger partial charge in [0.15, 0.2) is 6.04 Å². The highest BCUT2D eigenvalue weighted by atomic mass is 19.1. The molecule has 0 spiro atoms. The highest BCUT2D eigenvalue weighted by Crippen LogP contribution is 2.31. The quantitative estimate of drug-likeness (QED) is 0.638. The number of benzene rings is 1. The largest absolute Gasteiger partial charge is 0.370 e. The average Bonchev–Trinajstić information content (AvgIpc) is 2.61. The predicted molar refractivity (Wildman–Crippen MR) is 115 cm³/mol. The monoisotopic (exact) mass is 434 g/mol. The molecular formula is C22H31FN4O4. The van der Waals surface area contributed by atoms with E-state index < -0.39 is 23.7 Å². The molecule has 8 nitrogen and oxygen atoms in total.